The van der Waals surface area contributed by atoms with E-state index in [9.17, 15) is 9.59 Å². The number of carboxylic acid groups (broad SMARTS) is 2. The van der Waals surface area contributed by atoms with Crippen LogP contribution < -0.4 is 0 Å². The van der Waals surface area contributed by atoms with Crippen LogP contribution in [0.25, 0.3) is 0 Å². The number of nitrogens with zero attached hydrogens (tertiary/aromatic N) is 1. The Kier molecular flexibility index (Phi) is 3.47. The average molecular weight is 213 g/mol. The molecular weight excluding hydrogens is 206 g/mol. The van der Waals surface area contributed by atoms with Crippen molar-refractivity contribution in [2.75, 3.05) is 5.75 Å². The standard InChI is InChI=1S/C8H7NO4S/c10-7(11)4-14-6-3-1-2-5(9-6)8(12)13/h1-3H,4H2,(H,10,11)(H,12,13). The first-order valence-electron chi connectivity index (χ1n) is 3.64. The Labute approximate surface area is 83.8 Å². The van der Waals surface area contributed by atoms with Crippen LogP contribution in [0.4, 0.5) is 0 Å². The fraction of sp³-hybridized carbons (Fsp3) is 0.125. The second-order valence-corrected chi connectivity index (χ2v) is 3.34. The Morgan fingerprint density at radius 1 is 1.36 bits per heavy atom. The Morgan fingerprint density at radius 3 is 2.64 bits per heavy atom. The predicted molar refractivity (Wildman–Crippen MR) is 49.6 cm³/mol. The average Bonchev–Trinajstić information content (AvgIpc) is 2.15. The highest BCUT2D eigenvalue weighted by Gasteiger charge is 2.06. The van der Waals surface area contributed by atoms with Crippen molar-refractivity contribution < 1.29 is 19.8 Å². The zero-order valence-corrected chi connectivity index (χ0v) is 7.82. The van der Waals surface area contributed by atoms with Crippen LogP contribution in [0.3, 0.4) is 0 Å². The first-order valence-corrected chi connectivity index (χ1v) is 4.63. The first-order chi connectivity index (χ1) is 6.59. The molecule has 0 atom stereocenters. The lowest BCUT2D eigenvalue weighted by molar-refractivity contribution is -0.133. The highest BCUT2D eigenvalue weighted by Crippen LogP contribution is 2.14. The van der Waals surface area contributed by atoms with Crippen molar-refractivity contribution in [2.45, 2.75) is 5.03 Å². The Morgan fingerprint density at radius 2 is 2.07 bits per heavy atom. The minimum Gasteiger partial charge on any atom is -0.481 e. The van der Waals surface area contributed by atoms with Crippen LogP contribution in [0.2, 0.25) is 0 Å². The number of aliphatic carboxylic acids is 1. The van der Waals surface area contributed by atoms with Crippen LogP contribution in [0, 0.1) is 0 Å². The van der Waals surface area contributed by atoms with E-state index in [1.807, 2.05) is 0 Å². The lowest BCUT2D eigenvalue weighted by Crippen LogP contribution is -2.02. The zero-order chi connectivity index (χ0) is 10.6. The molecule has 0 aliphatic carbocycles. The van der Waals surface area contributed by atoms with Gasteiger partial charge in [0.05, 0.1) is 10.8 Å². The third kappa shape index (κ3) is 3.06. The lowest BCUT2D eigenvalue weighted by atomic mass is 10.4. The molecule has 1 heterocycles. The van der Waals surface area contributed by atoms with Crippen molar-refractivity contribution in [2.24, 2.45) is 0 Å². The molecule has 0 amide bonds. The highest BCUT2D eigenvalue weighted by atomic mass is 32.2. The molecule has 0 bridgehead atoms. The molecular formula is C8H7NO4S. The largest absolute Gasteiger partial charge is 0.481 e. The van der Waals surface area contributed by atoms with E-state index in [1.54, 1.807) is 6.07 Å². The summed E-state index contributed by atoms with van der Waals surface area (Å²) in [6.07, 6.45) is 0. The van der Waals surface area contributed by atoms with Crippen molar-refractivity contribution in [1.29, 1.82) is 0 Å². The van der Waals surface area contributed by atoms with E-state index in [2.05, 4.69) is 4.98 Å². The number of hydrogen-bond donors (Lipinski definition) is 2. The van der Waals surface area contributed by atoms with Crippen LogP contribution in [-0.2, 0) is 4.79 Å². The number of rotatable bonds is 4. The molecule has 0 aromatic carbocycles. The molecule has 0 aliphatic heterocycles. The molecule has 5 nitrogen and oxygen atoms in total. The van der Waals surface area contributed by atoms with Gasteiger partial charge in [0.2, 0.25) is 0 Å². The van der Waals surface area contributed by atoms with Gasteiger partial charge in [-0.2, -0.15) is 0 Å². The summed E-state index contributed by atoms with van der Waals surface area (Å²) >= 11 is 0.986. The first kappa shape index (κ1) is 10.5. The quantitative estimate of drug-likeness (QED) is 0.724. The second kappa shape index (κ2) is 4.61. The third-order valence-electron chi connectivity index (χ3n) is 1.29. The molecule has 0 unspecified atom stereocenters. The number of aromatic carboxylic acids is 1. The van der Waals surface area contributed by atoms with Gasteiger partial charge in [-0.25, -0.2) is 9.78 Å². The molecule has 0 fully saturated rings. The molecule has 0 radical (unpaired) electrons. The lowest BCUT2D eigenvalue weighted by Gasteiger charge is -1.98. The van der Waals surface area contributed by atoms with Gasteiger partial charge >= 0.3 is 11.9 Å². The van der Waals surface area contributed by atoms with Crippen LogP contribution in [0.15, 0.2) is 23.2 Å². The minimum absolute atomic E-state index is 0.0830. The summed E-state index contributed by atoms with van der Waals surface area (Å²) < 4.78 is 0. The number of carboxylic acids is 2. The van der Waals surface area contributed by atoms with Crippen LogP contribution in [0.1, 0.15) is 10.5 Å². The summed E-state index contributed by atoms with van der Waals surface area (Å²) in [5.74, 6) is -2.21. The van der Waals surface area contributed by atoms with E-state index in [4.69, 9.17) is 10.2 Å². The summed E-state index contributed by atoms with van der Waals surface area (Å²) in [6.45, 7) is 0. The smallest absolute Gasteiger partial charge is 0.354 e. The summed E-state index contributed by atoms with van der Waals surface area (Å²) in [5.41, 5.74) is -0.0830. The van der Waals surface area contributed by atoms with Crippen molar-refractivity contribution in [3.05, 3.63) is 23.9 Å². The fourth-order valence-corrected chi connectivity index (χ4v) is 1.36. The topological polar surface area (TPSA) is 87.5 Å². The van der Waals surface area contributed by atoms with Crippen molar-refractivity contribution in [1.82, 2.24) is 4.98 Å². The molecule has 74 valence electrons. The van der Waals surface area contributed by atoms with E-state index < -0.39 is 11.9 Å². The van der Waals surface area contributed by atoms with E-state index in [0.29, 0.717) is 5.03 Å². The fourth-order valence-electron chi connectivity index (χ4n) is 0.750. The number of pyridine rings is 1. The van der Waals surface area contributed by atoms with Gasteiger partial charge in [-0.1, -0.05) is 17.8 Å². The van der Waals surface area contributed by atoms with Crippen molar-refractivity contribution in [3.63, 3.8) is 0 Å². The summed E-state index contributed by atoms with van der Waals surface area (Å²) in [5, 5.41) is 17.4. The van der Waals surface area contributed by atoms with Crippen molar-refractivity contribution in [3.8, 4) is 0 Å². The second-order valence-electron chi connectivity index (χ2n) is 2.35. The summed E-state index contributed by atoms with van der Waals surface area (Å²) in [4.78, 5) is 24.5. The number of thioether (sulfide) groups is 1. The normalized spacial score (nSPS) is 9.71. The van der Waals surface area contributed by atoms with Gasteiger partial charge in [-0.3, -0.25) is 4.79 Å². The number of hydrogen-bond acceptors (Lipinski definition) is 4. The molecule has 0 spiro atoms. The molecule has 1 aromatic rings. The zero-order valence-electron chi connectivity index (χ0n) is 7.01. The maximum Gasteiger partial charge on any atom is 0.354 e. The molecule has 0 aliphatic rings. The third-order valence-corrected chi connectivity index (χ3v) is 2.20. The van der Waals surface area contributed by atoms with Gasteiger partial charge in [-0.05, 0) is 12.1 Å². The van der Waals surface area contributed by atoms with Gasteiger partial charge < -0.3 is 10.2 Å². The van der Waals surface area contributed by atoms with E-state index >= 15 is 0 Å². The van der Waals surface area contributed by atoms with Crippen LogP contribution in [0.5, 0.6) is 0 Å². The Hall–Kier alpha value is -1.56. The number of carbonyl (C=O) groups is 2. The van der Waals surface area contributed by atoms with Crippen LogP contribution in [-0.4, -0.2) is 32.9 Å². The molecule has 2 N–H and O–H groups in total. The van der Waals surface area contributed by atoms with Gasteiger partial charge in [0, 0.05) is 0 Å². The van der Waals surface area contributed by atoms with E-state index in [0.717, 1.165) is 11.8 Å². The minimum atomic E-state index is -1.12. The highest BCUT2D eigenvalue weighted by molar-refractivity contribution is 7.99. The maximum absolute atomic E-state index is 10.5. The van der Waals surface area contributed by atoms with Crippen LogP contribution >= 0.6 is 11.8 Å². The van der Waals surface area contributed by atoms with E-state index in [1.165, 1.54) is 12.1 Å². The SMILES string of the molecule is O=C(O)CSc1cccc(C(=O)O)n1. The molecule has 1 aromatic heterocycles. The Balaban J connectivity index is 2.73. The van der Waals surface area contributed by atoms with Gasteiger partial charge in [-0.15, -0.1) is 0 Å². The summed E-state index contributed by atoms with van der Waals surface area (Å²) in [7, 11) is 0. The Bertz CT molecular complexity index is 366. The van der Waals surface area contributed by atoms with Gasteiger partial charge in [0.15, 0.2) is 0 Å². The molecule has 0 saturated carbocycles. The monoisotopic (exact) mass is 213 g/mol. The molecule has 1 rings (SSSR count). The molecule has 14 heavy (non-hydrogen) atoms. The van der Waals surface area contributed by atoms with Gasteiger partial charge in [0.1, 0.15) is 5.69 Å². The number of aromatic nitrogens is 1. The molecule has 0 saturated heterocycles. The molecule has 6 heteroatoms. The van der Waals surface area contributed by atoms with Crippen molar-refractivity contribution >= 4 is 23.7 Å². The summed E-state index contributed by atoms with van der Waals surface area (Å²) in [6, 6.07) is 4.45. The maximum atomic E-state index is 10.5. The van der Waals surface area contributed by atoms with E-state index in [-0.39, 0.29) is 11.4 Å². The van der Waals surface area contributed by atoms with Gasteiger partial charge in [0.25, 0.3) is 0 Å². The predicted octanol–water partition coefficient (Wildman–Crippen LogP) is 0.956.